The molecule has 7 nitrogen and oxygen atoms in total. The second kappa shape index (κ2) is 9.09. The molecule has 2 rings (SSSR count). The van der Waals surface area contributed by atoms with Crippen molar-refractivity contribution < 1.29 is 19.0 Å². The van der Waals surface area contributed by atoms with Gasteiger partial charge in [0.15, 0.2) is 0 Å². The summed E-state index contributed by atoms with van der Waals surface area (Å²) < 4.78 is 16.3. The quantitative estimate of drug-likeness (QED) is 0.519. The Morgan fingerprint density at radius 2 is 1.55 bits per heavy atom. The van der Waals surface area contributed by atoms with Crippen molar-refractivity contribution in [2.24, 2.45) is 5.73 Å². The van der Waals surface area contributed by atoms with Gasteiger partial charge < -0.3 is 19.9 Å². The summed E-state index contributed by atoms with van der Waals surface area (Å²) in [5, 5.41) is 0. The van der Waals surface area contributed by atoms with Gasteiger partial charge in [-0.1, -0.05) is 0 Å². The first-order valence-corrected chi connectivity index (χ1v) is 7.88. The molecule has 2 saturated heterocycles. The second-order valence-corrected chi connectivity index (χ2v) is 5.77. The number of esters is 1. The van der Waals surface area contributed by atoms with Gasteiger partial charge >= 0.3 is 5.97 Å². The zero-order chi connectivity index (χ0) is 15.8. The Bertz CT molecular complexity index is 353. The van der Waals surface area contributed by atoms with E-state index in [0.717, 1.165) is 65.7 Å². The average Bonchev–Trinajstić information content (AvgIpc) is 2.48. The van der Waals surface area contributed by atoms with Crippen molar-refractivity contribution in [1.82, 2.24) is 9.80 Å². The van der Waals surface area contributed by atoms with Crippen LogP contribution in [0.2, 0.25) is 0 Å². The fraction of sp³-hybridized carbons (Fsp3) is 0.800. The summed E-state index contributed by atoms with van der Waals surface area (Å²) in [6.45, 7) is 9.59. The highest BCUT2D eigenvalue weighted by Crippen LogP contribution is 2.07. The fourth-order valence-corrected chi connectivity index (χ4v) is 2.66. The Labute approximate surface area is 132 Å². The van der Waals surface area contributed by atoms with Gasteiger partial charge in [-0.25, -0.2) is 4.79 Å². The first kappa shape index (κ1) is 17.2. The van der Waals surface area contributed by atoms with Crippen LogP contribution >= 0.6 is 0 Å². The van der Waals surface area contributed by atoms with Gasteiger partial charge in [-0.15, -0.1) is 0 Å². The zero-order valence-electron chi connectivity index (χ0n) is 13.3. The summed E-state index contributed by atoms with van der Waals surface area (Å²) in [4.78, 5) is 16.4. The first-order chi connectivity index (χ1) is 10.6. The molecule has 0 radical (unpaired) electrons. The summed E-state index contributed by atoms with van der Waals surface area (Å²) >= 11 is 0. The molecule has 2 fully saturated rings. The number of nitrogens with zero attached hydrogens (tertiary/aromatic N) is 2. The van der Waals surface area contributed by atoms with E-state index in [1.807, 2.05) is 0 Å². The topological polar surface area (TPSA) is 77.3 Å². The lowest BCUT2D eigenvalue weighted by Crippen LogP contribution is -2.48. The SMILES string of the molecule is C/C(N)=C/C(=O)OC(CN1CCOCC1)CN1CCOCC1. The lowest BCUT2D eigenvalue weighted by atomic mass is 10.2. The van der Waals surface area contributed by atoms with Crippen molar-refractivity contribution >= 4 is 5.97 Å². The van der Waals surface area contributed by atoms with Crippen molar-refractivity contribution in [3.05, 3.63) is 11.8 Å². The number of carbonyl (C=O) groups is 1. The maximum absolute atomic E-state index is 11.9. The predicted molar refractivity (Wildman–Crippen MR) is 82.3 cm³/mol. The first-order valence-electron chi connectivity index (χ1n) is 7.88. The third-order valence-electron chi connectivity index (χ3n) is 3.76. The molecule has 0 aromatic rings. The highest BCUT2D eigenvalue weighted by Gasteiger charge is 2.23. The Balaban J connectivity index is 1.89. The van der Waals surface area contributed by atoms with E-state index in [0.29, 0.717) is 5.70 Å². The molecule has 2 aliphatic rings. The smallest absolute Gasteiger partial charge is 0.332 e. The monoisotopic (exact) mass is 313 g/mol. The summed E-state index contributed by atoms with van der Waals surface area (Å²) in [5.74, 6) is -0.369. The molecule has 126 valence electrons. The van der Waals surface area contributed by atoms with Gasteiger partial charge in [0, 0.05) is 51.0 Å². The van der Waals surface area contributed by atoms with E-state index in [1.54, 1.807) is 6.92 Å². The average molecular weight is 313 g/mol. The summed E-state index contributed by atoms with van der Waals surface area (Å²) in [6, 6.07) is 0. The molecule has 0 amide bonds. The Hall–Kier alpha value is -1.15. The molecule has 0 bridgehead atoms. The van der Waals surface area contributed by atoms with Crippen LogP contribution in [0, 0.1) is 0 Å². The fourth-order valence-electron chi connectivity index (χ4n) is 2.66. The molecule has 0 spiro atoms. The number of hydrogen-bond acceptors (Lipinski definition) is 7. The van der Waals surface area contributed by atoms with Crippen LogP contribution < -0.4 is 5.73 Å². The van der Waals surface area contributed by atoms with E-state index in [4.69, 9.17) is 19.9 Å². The number of ether oxygens (including phenoxy) is 3. The minimum Gasteiger partial charge on any atom is -0.456 e. The summed E-state index contributed by atoms with van der Waals surface area (Å²) in [6.07, 6.45) is 1.17. The van der Waals surface area contributed by atoms with Crippen LogP contribution in [0.4, 0.5) is 0 Å². The number of hydrogen-bond donors (Lipinski definition) is 1. The molecule has 0 saturated carbocycles. The molecule has 2 N–H and O–H groups in total. The van der Waals surface area contributed by atoms with Crippen molar-refractivity contribution in [2.45, 2.75) is 13.0 Å². The van der Waals surface area contributed by atoms with E-state index in [9.17, 15) is 4.79 Å². The molecule has 2 aliphatic heterocycles. The summed E-state index contributed by atoms with van der Waals surface area (Å²) in [7, 11) is 0. The number of rotatable bonds is 6. The minimum absolute atomic E-state index is 0.167. The van der Waals surface area contributed by atoms with E-state index in [2.05, 4.69) is 9.80 Å². The van der Waals surface area contributed by atoms with Crippen LogP contribution in [0.1, 0.15) is 6.92 Å². The maximum Gasteiger partial charge on any atom is 0.332 e. The molecule has 0 aliphatic carbocycles. The standard InChI is InChI=1S/C15H27N3O4/c1-13(16)10-15(19)22-14(11-17-2-6-20-7-3-17)12-18-4-8-21-9-5-18/h10,14H,2-9,11-12,16H2,1H3/b13-10-. The minimum atomic E-state index is -0.369. The van der Waals surface area contributed by atoms with Crippen LogP contribution in [0.5, 0.6) is 0 Å². The van der Waals surface area contributed by atoms with Crippen LogP contribution in [0.3, 0.4) is 0 Å². The molecule has 22 heavy (non-hydrogen) atoms. The number of morpholine rings is 2. The lowest BCUT2D eigenvalue weighted by Gasteiger charge is -2.34. The molecular weight excluding hydrogens is 286 g/mol. The molecule has 0 atom stereocenters. The molecule has 0 unspecified atom stereocenters. The lowest BCUT2D eigenvalue weighted by molar-refractivity contribution is -0.146. The highest BCUT2D eigenvalue weighted by molar-refractivity contribution is 5.82. The number of nitrogens with two attached hydrogens (primary N) is 1. The Kier molecular flexibility index (Phi) is 7.11. The van der Waals surface area contributed by atoms with Crippen LogP contribution in [-0.4, -0.2) is 87.6 Å². The van der Waals surface area contributed by atoms with Crippen LogP contribution in [0.25, 0.3) is 0 Å². The number of carbonyl (C=O) groups excluding carboxylic acids is 1. The Morgan fingerprint density at radius 3 is 1.95 bits per heavy atom. The van der Waals surface area contributed by atoms with Gasteiger partial charge in [-0.3, -0.25) is 9.80 Å². The molecule has 0 aromatic carbocycles. The van der Waals surface area contributed by atoms with Crippen molar-refractivity contribution in [3.63, 3.8) is 0 Å². The van der Waals surface area contributed by atoms with Gasteiger partial charge in [0.25, 0.3) is 0 Å². The van der Waals surface area contributed by atoms with Crippen LogP contribution in [-0.2, 0) is 19.0 Å². The van der Waals surface area contributed by atoms with E-state index < -0.39 is 0 Å². The molecule has 7 heteroatoms. The van der Waals surface area contributed by atoms with E-state index >= 15 is 0 Å². The van der Waals surface area contributed by atoms with Crippen molar-refractivity contribution in [3.8, 4) is 0 Å². The maximum atomic E-state index is 11.9. The largest absolute Gasteiger partial charge is 0.456 e. The van der Waals surface area contributed by atoms with Crippen molar-refractivity contribution in [2.75, 3.05) is 65.7 Å². The van der Waals surface area contributed by atoms with E-state index in [1.165, 1.54) is 6.08 Å². The third kappa shape index (κ3) is 6.31. The second-order valence-electron chi connectivity index (χ2n) is 5.77. The van der Waals surface area contributed by atoms with Gasteiger partial charge in [-0.2, -0.15) is 0 Å². The number of allylic oxidation sites excluding steroid dienone is 1. The van der Waals surface area contributed by atoms with Gasteiger partial charge in [0.1, 0.15) is 6.10 Å². The van der Waals surface area contributed by atoms with E-state index in [-0.39, 0.29) is 12.1 Å². The summed E-state index contributed by atoms with van der Waals surface area (Å²) in [5.41, 5.74) is 6.00. The third-order valence-corrected chi connectivity index (χ3v) is 3.76. The molecule has 2 heterocycles. The predicted octanol–water partition coefficient (Wildman–Crippen LogP) is -0.575. The highest BCUT2D eigenvalue weighted by atomic mass is 16.5. The molecular formula is C15H27N3O4. The normalized spacial score (nSPS) is 22.0. The Morgan fingerprint density at radius 1 is 1.09 bits per heavy atom. The van der Waals surface area contributed by atoms with Crippen molar-refractivity contribution in [1.29, 1.82) is 0 Å². The van der Waals surface area contributed by atoms with Gasteiger partial charge in [0.05, 0.1) is 26.4 Å². The van der Waals surface area contributed by atoms with Gasteiger partial charge in [-0.05, 0) is 6.92 Å². The van der Waals surface area contributed by atoms with Gasteiger partial charge in [0.2, 0.25) is 0 Å². The molecule has 0 aromatic heterocycles. The zero-order valence-corrected chi connectivity index (χ0v) is 13.3. The van der Waals surface area contributed by atoms with Crippen LogP contribution in [0.15, 0.2) is 11.8 Å².